The molecule has 3 aromatic heterocycles. The Hall–Kier alpha value is -8.91. The lowest BCUT2D eigenvalue weighted by Gasteiger charge is -2.17. The van der Waals surface area contributed by atoms with E-state index in [0.717, 1.165) is 105 Å². The van der Waals surface area contributed by atoms with E-state index in [1.165, 1.54) is 11.1 Å². The van der Waals surface area contributed by atoms with Crippen molar-refractivity contribution in [3.05, 3.63) is 236 Å². The second kappa shape index (κ2) is 14.6. The molecule has 0 bridgehead atoms. The fourth-order valence-electron chi connectivity index (χ4n) is 10.1. The lowest BCUT2D eigenvalue weighted by atomic mass is 10.0. The summed E-state index contributed by atoms with van der Waals surface area (Å²) >= 11 is 0. The van der Waals surface area contributed by atoms with Crippen LogP contribution in [0.3, 0.4) is 0 Å². The SMILES string of the molecule is [C-]#[N+]c1c(-n2c3ccc(-c4ccccc4)cc3c3cc(-c4ccccc4)ccc32)cc(-n2c3ccc(-c4ccccc4)cc3c3cc(-c4ccccc4)ccc32)c2c1oc1ccccc12. The highest BCUT2D eigenvalue weighted by molar-refractivity contribution is 6.20. The van der Waals surface area contributed by atoms with E-state index in [9.17, 15) is 0 Å². The monoisotopic (exact) mass is 827 g/mol. The highest BCUT2D eigenvalue weighted by atomic mass is 16.3. The molecule has 0 unspecified atom stereocenters. The maximum absolute atomic E-state index is 8.91. The Bertz CT molecular complexity index is 3850. The Morgan fingerprint density at radius 1 is 0.323 bits per heavy atom. The third-order valence-corrected chi connectivity index (χ3v) is 13.1. The van der Waals surface area contributed by atoms with Crippen LogP contribution in [0.2, 0.25) is 0 Å². The lowest BCUT2D eigenvalue weighted by molar-refractivity contribution is 0.670. The Kier molecular flexibility index (Phi) is 8.24. The van der Waals surface area contributed by atoms with Gasteiger partial charge in [0.25, 0.3) is 5.69 Å². The highest BCUT2D eigenvalue weighted by Gasteiger charge is 2.26. The first-order valence-electron chi connectivity index (χ1n) is 21.9. The molecule has 3 heterocycles. The predicted molar refractivity (Wildman–Crippen MR) is 270 cm³/mol. The minimum atomic E-state index is 0.469. The van der Waals surface area contributed by atoms with Crippen molar-refractivity contribution in [1.29, 1.82) is 0 Å². The molecule has 0 atom stereocenters. The second-order valence-corrected chi connectivity index (χ2v) is 16.7. The summed E-state index contributed by atoms with van der Waals surface area (Å²) in [6.07, 6.45) is 0. The topological polar surface area (TPSA) is 27.4 Å². The van der Waals surface area contributed by atoms with Gasteiger partial charge in [-0.05, 0) is 105 Å². The first-order valence-corrected chi connectivity index (χ1v) is 21.9. The smallest absolute Gasteiger partial charge is 0.252 e. The molecule has 302 valence electrons. The molecular formula is C61H37N3O. The van der Waals surface area contributed by atoms with Crippen LogP contribution in [0.15, 0.2) is 229 Å². The van der Waals surface area contributed by atoms with E-state index in [1.54, 1.807) is 0 Å². The molecule has 0 radical (unpaired) electrons. The number of rotatable bonds is 6. The average Bonchev–Trinajstić information content (AvgIpc) is 4.04. The largest absolute Gasteiger partial charge is 0.467 e. The third-order valence-electron chi connectivity index (χ3n) is 13.1. The van der Waals surface area contributed by atoms with Gasteiger partial charge in [0, 0.05) is 32.3 Å². The Labute approximate surface area is 374 Å². The maximum atomic E-state index is 8.91. The van der Waals surface area contributed by atoms with Gasteiger partial charge in [0.15, 0.2) is 0 Å². The normalized spacial score (nSPS) is 11.7. The van der Waals surface area contributed by atoms with Crippen molar-refractivity contribution >= 4 is 71.2 Å². The summed E-state index contributed by atoms with van der Waals surface area (Å²) in [5.74, 6) is 0. The molecule has 65 heavy (non-hydrogen) atoms. The molecule has 0 saturated carbocycles. The summed E-state index contributed by atoms with van der Waals surface area (Å²) < 4.78 is 11.5. The fourth-order valence-corrected chi connectivity index (χ4v) is 10.1. The zero-order valence-corrected chi connectivity index (χ0v) is 35.1. The van der Waals surface area contributed by atoms with Gasteiger partial charge in [0.2, 0.25) is 0 Å². The molecule has 0 N–H and O–H groups in total. The quantitative estimate of drug-likeness (QED) is 0.153. The van der Waals surface area contributed by atoms with Gasteiger partial charge in [-0.2, -0.15) is 0 Å². The van der Waals surface area contributed by atoms with E-state index < -0.39 is 0 Å². The lowest BCUT2D eigenvalue weighted by Crippen LogP contribution is -2.00. The van der Waals surface area contributed by atoms with E-state index in [0.29, 0.717) is 11.3 Å². The predicted octanol–water partition coefficient (Wildman–Crippen LogP) is 17.0. The number of hydrogen-bond donors (Lipinski definition) is 0. The minimum absolute atomic E-state index is 0.469. The first-order chi connectivity index (χ1) is 32.2. The van der Waals surface area contributed by atoms with Crippen molar-refractivity contribution in [2.45, 2.75) is 0 Å². The molecular weight excluding hydrogens is 791 g/mol. The average molecular weight is 828 g/mol. The van der Waals surface area contributed by atoms with Crippen LogP contribution in [-0.2, 0) is 0 Å². The van der Waals surface area contributed by atoms with Gasteiger partial charge < -0.3 is 13.6 Å². The van der Waals surface area contributed by atoms with Gasteiger partial charge in [0.05, 0.1) is 40.0 Å². The zero-order chi connectivity index (χ0) is 43.0. The number of fused-ring (bicyclic) bond motifs is 9. The molecule has 0 saturated heterocycles. The summed E-state index contributed by atoms with van der Waals surface area (Å²) in [6.45, 7) is 8.91. The standard InChI is InChI=1S/C61H37N3O/c1-62-60-57(64-54-32-28-45(41-20-10-4-11-21-41)36-50(54)51-37-46(29-33-55(51)64)42-22-12-5-13-23-42)38-56(59-47-24-14-15-25-58(47)65-61(59)60)63-52-30-26-43(39-16-6-2-7-17-39)34-48(52)49-35-44(27-31-53(49)63)40-18-8-3-9-19-40/h2-38H. The summed E-state index contributed by atoms with van der Waals surface area (Å²) in [4.78, 5) is 4.36. The molecule has 4 heteroatoms. The van der Waals surface area contributed by atoms with Crippen LogP contribution in [0.1, 0.15) is 0 Å². The number of aromatic nitrogens is 2. The summed E-state index contributed by atoms with van der Waals surface area (Å²) in [5, 5.41) is 6.39. The van der Waals surface area contributed by atoms with Crippen molar-refractivity contribution in [2.75, 3.05) is 0 Å². The van der Waals surface area contributed by atoms with Crippen molar-refractivity contribution in [1.82, 2.24) is 9.13 Å². The summed E-state index contributed by atoms with van der Waals surface area (Å²) in [7, 11) is 0. The minimum Gasteiger partial charge on any atom is -0.467 e. The first kappa shape index (κ1) is 36.7. The molecule has 0 aliphatic carbocycles. The number of para-hydroxylation sites is 1. The molecule has 13 aromatic rings. The van der Waals surface area contributed by atoms with Crippen LogP contribution in [0, 0.1) is 6.57 Å². The molecule has 0 fully saturated rings. The Morgan fingerprint density at radius 2 is 0.677 bits per heavy atom. The van der Waals surface area contributed by atoms with Crippen LogP contribution in [0.5, 0.6) is 0 Å². The van der Waals surface area contributed by atoms with Crippen LogP contribution in [-0.4, -0.2) is 9.13 Å². The molecule has 0 aliphatic heterocycles. The molecule has 0 spiro atoms. The molecule has 13 rings (SSSR count). The number of benzene rings is 10. The number of nitrogens with zero attached hydrogens (tertiary/aromatic N) is 3. The molecule has 10 aromatic carbocycles. The fraction of sp³-hybridized carbons (Fsp3) is 0. The van der Waals surface area contributed by atoms with Crippen molar-refractivity contribution in [3.63, 3.8) is 0 Å². The maximum Gasteiger partial charge on any atom is 0.252 e. The summed E-state index contributed by atoms with van der Waals surface area (Å²) in [6, 6.07) is 79.8. The van der Waals surface area contributed by atoms with E-state index >= 15 is 0 Å². The van der Waals surface area contributed by atoms with Crippen LogP contribution < -0.4 is 0 Å². The van der Waals surface area contributed by atoms with Crippen LogP contribution >= 0.6 is 0 Å². The van der Waals surface area contributed by atoms with Gasteiger partial charge in [-0.25, -0.2) is 4.85 Å². The van der Waals surface area contributed by atoms with E-state index in [2.05, 4.69) is 226 Å². The number of furan rings is 1. The zero-order valence-electron chi connectivity index (χ0n) is 35.1. The molecule has 0 aliphatic rings. The van der Waals surface area contributed by atoms with Gasteiger partial charge in [-0.1, -0.05) is 164 Å². The Balaban J connectivity index is 1.15. The van der Waals surface area contributed by atoms with E-state index in [-0.39, 0.29) is 0 Å². The van der Waals surface area contributed by atoms with Crippen LogP contribution in [0.25, 0.3) is 126 Å². The van der Waals surface area contributed by atoms with Crippen molar-refractivity contribution in [2.24, 2.45) is 0 Å². The highest BCUT2D eigenvalue weighted by Crippen LogP contribution is 2.48. The van der Waals surface area contributed by atoms with Crippen molar-refractivity contribution in [3.8, 4) is 55.9 Å². The summed E-state index contributed by atoms with van der Waals surface area (Å²) in [5.41, 5.74) is 16.9. The van der Waals surface area contributed by atoms with Crippen molar-refractivity contribution < 1.29 is 4.42 Å². The Morgan fingerprint density at radius 3 is 1.06 bits per heavy atom. The van der Waals surface area contributed by atoms with Gasteiger partial charge in [-0.3, -0.25) is 0 Å². The number of hydrogen-bond acceptors (Lipinski definition) is 1. The van der Waals surface area contributed by atoms with Gasteiger partial charge in [-0.15, -0.1) is 0 Å². The second-order valence-electron chi connectivity index (χ2n) is 16.7. The van der Waals surface area contributed by atoms with E-state index in [4.69, 9.17) is 11.0 Å². The molecule has 4 nitrogen and oxygen atoms in total. The van der Waals surface area contributed by atoms with Gasteiger partial charge >= 0.3 is 0 Å². The van der Waals surface area contributed by atoms with Crippen LogP contribution in [0.4, 0.5) is 5.69 Å². The van der Waals surface area contributed by atoms with E-state index in [1.807, 2.05) is 12.1 Å². The molecule has 0 amide bonds. The van der Waals surface area contributed by atoms with Gasteiger partial charge in [0.1, 0.15) is 11.2 Å². The third kappa shape index (κ3) is 5.77.